The van der Waals surface area contributed by atoms with Crippen LogP contribution in [0.25, 0.3) is 0 Å². The zero-order valence-corrected chi connectivity index (χ0v) is 19.8. The fourth-order valence-electron chi connectivity index (χ4n) is 2.93. The van der Waals surface area contributed by atoms with Crippen molar-refractivity contribution in [2.45, 2.75) is 71.6 Å². The van der Waals surface area contributed by atoms with Gasteiger partial charge in [0.25, 0.3) is 0 Å². The van der Waals surface area contributed by atoms with E-state index >= 15 is 0 Å². The largest absolute Gasteiger partial charge is 0.460 e. The van der Waals surface area contributed by atoms with Crippen molar-refractivity contribution in [1.29, 1.82) is 0 Å². The molecular weight excluding hydrogens is 742 g/mol. The van der Waals surface area contributed by atoms with Gasteiger partial charge in [-0.2, -0.15) is 114 Å². The van der Waals surface area contributed by atoms with Crippen LogP contribution in [0.3, 0.4) is 0 Å². The Bertz CT molecular complexity index is 1200. The Morgan fingerprint density at radius 1 is 0.283 bits per heavy atom. The van der Waals surface area contributed by atoms with Crippen molar-refractivity contribution in [3.8, 4) is 0 Å². The second-order valence-corrected chi connectivity index (χ2v) is 8.58. The topological polar surface area (TPSA) is 34.1 Å². The number of hydrogen-bond acceptors (Lipinski definition) is 2. The molecule has 268 valence electrons. The van der Waals surface area contributed by atoms with Gasteiger partial charge in [0, 0.05) is 0 Å². The molecule has 0 saturated heterocycles. The Balaban J connectivity index is 3.80. The number of halogens is 26. The van der Waals surface area contributed by atoms with Crippen LogP contribution in [0.2, 0.25) is 0 Å². The van der Waals surface area contributed by atoms with Crippen LogP contribution in [0.5, 0.6) is 0 Å². The quantitative estimate of drug-likeness (QED) is 0.166. The number of rotatable bonds is 10. The first-order chi connectivity index (χ1) is 19.5. The van der Waals surface area contributed by atoms with Crippen molar-refractivity contribution < 1.29 is 124 Å². The maximum atomic E-state index is 14.2. The zero-order chi connectivity index (χ0) is 37.7. The summed E-state index contributed by atoms with van der Waals surface area (Å²) in [7, 11) is 0. The van der Waals surface area contributed by atoms with Crippen molar-refractivity contribution in [3.63, 3.8) is 0 Å². The number of carbonyl (C=O) groups excluding carboxylic acids is 2. The van der Waals surface area contributed by atoms with E-state index in [9.17, 15) is 124 Å². The third kappa shape index (κ3) is 4.96. The van der Waals surface area contributed by atoms with Crippen LogP contribution in [0.4, 0.5) is 114 Å². The molecule has 0 fully saturated rings. The average Bonchev–Trinajstić information content (AvgIpc) is 2.82. The third-order valence-electron chi connectivity index (χ3n) is 5.63. The molecule has 0 unspecified atom stereocenters. The van der Waals surface area contributed by atoms with Crippen LogP contribution in [-0.2, 0) is 9.59 Å². The second-order valence-electron chi connectivity index (χ2n) is 8.58. The Morgan fingerprint density at radius 3 is 0.630 bits per heavy atom. The average molecular weight is 744 g/mol. The SMILES string of the molecule is O=C1C=C(C(F)(F)C(F)(F)C(F)(F)C(F)(F)C(F)(F)C(F)(F)F)C(=O)C=C1C(F)(F)C(F)(F)C(F)(F)C(F)(F)C(F)(F)C(F)(F)F. The molecule has 0 N–H and O–H groups in total. The summed E-state index contributed by atoms with van der Waals surface area (Å²) in [4.78, 5) is 23.3. The van der Waals surface area contributed by atoms with Gasteiger partial charge in [-0.25, -0.2) is 0 Å². The molecular formula is C18H2F26O2. The highest BCUT2D eigenvalue weighted by Gasteiger charge is 2.93. The van der Waals surface area contributed by atoms with E-state index in [4.69, 9.17) is 0 Å². The molecule has 0 saturated carbocycles. The van der Waals surface area contributed by atoms with Crippen molar-refractivity contribution in [1.82, 2.24) is 0 Å². The van der Waals surface area contributed by atoms with Gasteiger partial charge in [0.05, 0.1) is 11.1 Å². The van der Waals surface area contributed by atoms with Crippen molar-refractivity contribution >= 4 is 11.6 Å². The summed E-state index contributed by atoms with van der Waals surface area (Å²) >= 11 is 0. The summed E-state index contributed by atoms with van der Waals surface area (Å²) in [6.07, 6.45) is -20.0. The number of carbonyl (C=O) groups is 2. The lowest BCUT2D eigenvalue weighted by Gasteiger charge is -2.41. The minimum atomic E-state index is -8.70. The number of allylic oxidation sites excluding steroid dienone is 4. The van der Waals surface area contributed by atoms with Gasteiger partial charge >= 0.3 is 71.6 Å². The standard InChI is InChI=1S/C18H2F26O2/c19-7(20,9(23,24)11(27,28)13(31,32)15(35,36)17(39,40)41)3-1-5(45)4(2-6(3)46)8(21,22)10(25,26)12(29,30)14(33,34)16(37,38)18(42,43)44/h1-2H. The van der Waals surface area contributed by atoms with Gasteiger partial charge in [0.15, 0.2) is 11.6 Å². The van der Waals surface area contributed by atoms with Gasteiger partial charge in [-0.1, -0.05) is 0 Å². The van der Waals surface area contributed by atoms with E-state index in [0.717, 1.165) is 0 Å². The fraction of sp³-hybridized carbons (Fsp3) is 0.667. The van der Waals surface area contributed by atoms with Crippen molar-refractivity contribution in [3.05, 3.63) is 23.3 Å². The molecule has 0 bridgehead atoms. The zero-order valence-electron chi connectivity index (χ0n) is 19.8. The Morgan fingerprint density at radius 2 is 0.457 bits per heavy atom. The van der Waals surface area contributed by atoms with Gasteiger partial charge in [0.1, 0.15) is 0 Å². The van der Waals surface area contributed by atoms with E-state index in [1.807, 2.05) is 0 Å². The minimum absolute atomic E-state index is 2.08. The lowest BCUT2D eigenvalue weighted by Crippen LogP contribution is -2.71. The smallest absolute Gasteiger partial charge is 0.289 e. The Hall–Kier alpha value is -3.00. The molecule has 1 rings (SSSR count). The highest BCUT2D eigenvalue weighted by atomic mass is 19.4. The molecule has 2 nitrogen and oxygen atoms in total. The fourth-order valence-corrected chi connectivity index (χ4v) is 2.93. The maximum absolute atomic E-state index is 14.2. The second kappa shape index (κ2) is 10.2. The van der Waals surface area contributed by atoms with Gasteiger partial charge in [0.2, 0.25) is 0 Å². The molecule has 28 heteroatoms. The lowest BCUT2D eigenvalue weighted by atomic mass is 9.82. The highest BCUT2D eigenvalue weighted by Crippen LogP contribution is 2.63. The van der Waals surface area contributed by atoms with Crippen LogP contribution < -0.4 is 0 Å². The third-order valence-corrected chi connectivity index (χ3v) is 5.63. The molecule has 0 heterocycles. The van der Waals surface area contributed by atoms with E-state index in [2.05, 4.69) is 0 Å². The molecule has 0 atom stereocenters. The van der Waals surface area contributed by atoms with Crippen molar-refractivity contribution in [2.24, 2.45) is 0 Å². The van der Waals surface area contributed by atoms with Crippen LogP contribution in [0, 0.1) is 0 Å². The van der Waals surface area contributed by atoms with E-state index in [0.29, 0.717) is 0 Å². The van der Waals surface area contributed by atoms with E-state index in [1.54, 1.807) is 0 Å². The molecule has 0 aromatic carbocycles. The predicted octanol–water partition coefficient (Wildman–Crippen LogP) is 8.47. The monoisotopic (exact) mass is 744 g/mol. The van der Waals surface area contributed by atoms with Crippen LogP contribution in [0.15, 0.2) is 23.3 Å². The molecule has 1 aliphatic rings. The summed E-state index contributed by atoms with van der Waals surface area (Å²) in [5, 5.41) is 0. The molecule has 0 aliphatic heterocycles. The van der Waals surface area contributed by atoms with Gasteiger partial charge in [-0.05, 0) is 12.2 Å². The normalized spacial score (nSPS) is 18.1. The molecule has 0 amide bonds. The number of alkyl halides is 26. The molecule has 0 aromatic heterocycles. The summed E-state index contributed by atoms with van der Waals surface area (Å²) in [5.41, 5.74) is -7.95. The Labute approximate surface area is 231 Å². The molecule has 1 aliphatic carbocycles. The molecule has 0 spiro atoms. The molecule has 0 radical (unpaired) electrons. The Kier molecular flexibility index (Phi) is 9.14. The lowest BCUT2D eigenvalue weighted by molar-refractivity contribution is -0.436. The van der Waals surface area contributed by atoms with E-state index in [1.165, 1.54) is 0 Å². The molecule has 0 aromatic rings. The first-order valence-corrected chi connectivity index (χ1v) is 9.98. The van der Waals surface area contributed by atoms with Crippen LogP contribution >= 0.6 is 0 Å². The number of hydrogen-bond donors (Lipinski definition) is 0. The summed E-state index contributed by atoms with van der Waals surface area (Å²) < 4.78 is 344. The number of ketones is 2. The maximum Gasteiger partial charge on any atom is 0.460 e. The van der Waals surface area contributed by atoms with Crippen LogP contribution in [0.1, 0.15) is 0 Å². The van der Waals surface area contributed by atoms with Gasteiger partial charge in [-0.3, -0.25) is 9.59 Å². The van der Waals surface area contributed by atoms with Crippen molar-refractivity contribution in [2.75, 3.05) is 0 Å². The van der Waals surface area contributed by atoms with Gasteiger partial charge < -0.3 is 0 Å². The van der Waals surface area contributed by atoms with E-state index in [-0.39, 0.29) is 0 Å². The summed E-state index contributed by atoms with van der Waals surface area (Å²) in [6, 6.07) is 0. The highest BCUT2D eigenvalue weighted by molar-refractivity contribution is 6.21. The van der Waals surface area contributed by atoms with Crippen LogP contribution in [-0.4, -0.2) is 83.1 Å². The summed E-state index contributed by atoms with van der Waals surface area (Å²) in [5.74, 6) is -91.5. The predicted molar refractivity (Wildman–Crippen MR) is 87.8 cm³/mol. The first kappa shape index (κ1) is 41.0. The van der Waals surface area contributed by atoms with Gasteiger partial charge in [-0.15, -0.1) is 0 Å². The summed E-state index contributed by atoms with van der Waals surface area (Å²) in [6.45, 7) is 0. The molecule has 46 heavy (non-hydrogen) atoms. The minimum Gasteiger partial charge on any atom is -0.289 e. The van der Waals surface area contributed by atoms with E-state index < -0.39 is 106 Å². The first-order valence-electron chi connectivity index (χ1n) is 9.98.